The molecule has 1 aromatic carbocycles. The van der Waals surface area contributed by atoms with E-state index in [9.17, 15) is 5.11 Å². The molecule has 1 N–H and O–H groups in total. The molecule has 0 saturated carbocycles. The normalized spacial score (nSPS) is 13.8. The van der Waals surface area contributed by atoms with Crippen LogP contribution in [0.4, 0.5) is 5.95 Å². The van der Waals surface area contributed by atoms with Gasteiger partial charge in [-0.3, -0.25) is 0 Å². The van der Waals surface area contributed by atoms with E-state index in [-0.39, 0.29) is 5.75 Å². The van der Waals surface area contributed by atoms with Crippen LogP contribution in [-0.4, -0.2) is 36.4 Å². The third-order valence-corrected chi connectivity index (χ3v) is 4.70. The highest BCUT2D eigenvalue weighted by molar-refractivity contribution is 5.82. The van der Waals surface area contributed by atoms with Crippen LogP contribution in [0.1, 0.15) is 5.69 Å². The number of nitrogens with zero attached hydrogens (tertiary/aromatic N) is 6. The van der Waals surface area contributed by atoms with Crippen molar-refractivity contribution in [3.63, 3.8) is 0 Å². The average Bonchev–Trinajstić information content (AvgIpc) is 3.06. The number of rotatable bonds is 2. The number of phenolic OH excluding ortho intramolecular Hbond substituents is 1. The molecule has 0 atom stereocenters. The summed E-state index contributed by atoms with van der Waals surface area (Å²) in [5.41, 5.74) is 4.40. The Bertz CT molecular complexity index is 1090. The Hall–Kier alpha value is -3.48. The maximum Gasteiger partial charge on any atom is 0.225 e. The van der Waals surface area contributed by atoms with E-state index in [0.29, 0.717) is 11.3 Å². The summed E-state index contributed by atoms with van der Waals surface area (Å²) in [5.74, 6) is 0.948. The molecule has 0 unspecified atom stereocenters. The van der Waals surface area contributed by atoms with Gasteiger partial charge < -0.3 is 14.6 Å². The van der Waals surface area contributed by atoms with Crippen LogP contribution < -0.4 is 4.90 Å². The van der Waals surface area contributed by atoms with E-state index in [2.05, 4.69) is 35.7 Å². The summed E-state index contributed by atoms with van der Waals surface area (Å²) in [6.07, 6.45) is 3.52. The molecule has 0 aliphatic carbocycles. The molecule has 4 aromatic rings. The molecule has 3 aromatic heterocycles. The Balaban J connectivity index is 1.55. The van der Waals surface area contributed by atoms with Gasteiger partial charge in [0.1, 0.15) is 11.3 Å². The van der Waals surface area contributed by atoms with Crippen LogP contribution in [0.5, 0.6) is 5.75 Å². The maximum atomic E-state index is 10.1. The quantitative estimate of drug-likeness (QED) is 0.602. The summed E-state index contributed by atoms with van der Waals surface area (Å²) in [6.45, 7) is 2.38. The molecule has 5 rings (SSSR count). The topological polar surface area (TPSA) is 80.0 Å². The average molecular weight is 344 g/mol. The van der Waals surface area contributed by atoms with Crippen LogP contribution >= 0.6 is 0 Å². The second kappa shape index (κ2) is 5.80. The SMILES string of the molecule is Oc1ccccc1-c1cc2c(cc3n2CCN(c2ncccn2)C3)nn1. The van der Waals surface area contributed by atoms with Gasteiger partial charge in [0.25, 0.3) is 0 Å². The van der Waals surface area contributed by atoms with Crippen molar-refractivity contribution >= 4 is 17.0 Å². The Labute approximate surface area is 149 Å². The van der Waals surface area contributed by atoms with Crippen LogP contribution in [0.2, 0.25) is 0 Å². The Morgan fingerprint density at radius 3 is 2.62 bits per heavy atom. The van der Waals surface area contributed by atoms with Gasteiger partial charge in [0, 0.05) is 36.7 Å². The summed E-state index contributed by atoms with van der Waals surface area (Å²) in [4.78, 5) is 10.8. The molecule has 26 heavy (non-hydrogen) atoms. The third kappa shape index (κ3) is 2.36. The zero-order valence-corrected chi connectivity index (χ0v) is 13.9. The van der Waals surface area contributed by atoms with Gasteiger partial charge in [-0.25, -0.2) is 9.97 Å². The zero-order chi connectivity index (χ0) is 17.5. The summed E-state index contributed by atoms with van der Waals surface area (Å²) in [6, 6.07) is 13.1. The van der Waals surface area contributed by atoms with Crippen molar-refractivity contribution in [1.29, 1.82) is 0 Å². The number of aromatic nitrogens is 5. The van der Waals surface area contributed by atoms with Crippen molar-refractivity contribution in [3.8, 4) is 17.0 Å². The van der Waals surface area contributed by atoms with Gasteiger partial charge in [0.05, 0.1) is 17.8 Å². The van der Waals surface area contributed by atoms with Crippen molar-refractivity contribution in [1.82, 2.24) is 24.7 Å². The molecule has 1 aliphatic heterocycles. The van der Waals surface area contributed by atoms with E-state index in [4.69, 9.17) is 0 Å². The summed E-state index contributed by atoms with van der Waals surface area (Å²) < 4.78 is 2.26. The van der Waals surface area contributed by atoms with Crippen LogP contribution in [0, 0.1) is 0 Å². The lowest BCUT2D eigenvalue weighted by Gasteiger charge is -2.28. The first-order valence-corrected chi connectivity index (χ1v) is 8.46. The zero-order valence-electron chi connectivity index (χ0n) is 13.9. The van der Waals surface area contributed by atoms with Crippen molar-refractivity contribution in [2.75, 3.05) is 11.4 Å². The fourth-order valence-corrected chi connectivity index (χ4v) is 3.44. The molecule has 4 heterocycles. The number of hydrogen-bond donors (Lipinski definition) is 1. The summed E-state index contributed by atoms with van der Waals surface area (Å²) in [7, 11) is 0. The predicted molar refractivity (Wildman–Crippen MR) is 97.7 cm³/mol. The number of para-hydroxylation sites is 1. The molecular weight excluding hydrogens is 328 g/mol. The lowest BCUT2D eigenvalue weighted by Crippen LogP contribution is -2.34. The van der Waals surface area contributed by atoms with Gasteiger partial charge in [0.15, 0.2) is 0 Å². The monoisotopic (exact) mass is 344 g/mol. The molecule has 0 bridgehead atoms. The van der Waals surface area contributed by atoms with Crippen molar-refractivity contribution in [2.24, 2.45) is 0 Å². The molecule has 0 radical (unpaired) electrons. The fourth-order valence-electron chi connectivity index (χ4n) is 3.44. The lowest BCUT2D eigenvalue weighted by molar-refractivity contribution is 0.477. The second-order valence-electron chi connectivity index (χ2n) is 6.27. The molecule has 0 spiro atoms. The second-order valence-corrected chi connectivity index (χ2v) is 6.27. The minimum absolute atomic E-state index is 0.207. The van der Waals surface area contributed by atoms with E-state index in [0.717, 1.165) is 42.3 Å². The first-order valence-electron chi connectivity index (χ1n) is 8.46. The van der Waals surface area contributed by atoms with Crippen LogP contribution in [0.3, 0.4) is 0 Å². The first kappa shape index (κ1) is 14.8. The number of phenols is 1. The molecule has 7 heteroatoms. The van der Waals surface area contributed by atoms with Gasteiger partial charge in [-0.15, -0.1) is 10.2 Å². The molecule has 1 aliphatic rings. The van der Waals surface area contributed by atoms with E-state index in [1.165, 1.54) is 0 Å². The molecule has 0 fully saturated rings. The summed E-state index contributed by atoms with van der Waals surface area (Å²) >= 11 is 0. The van der Waals surface area contributed by atoms with Gasteiger partial charge >= 0.3 is 0 Å². The Kier molecular flexibility index (Phi) is 3.31. The van der Waals surface area contributed by atoms with E-state index >= 15 is 0 Å². The molecule has 0 saturated heterocycles. The minimum atomic E-state index is 0.207. The van der Waals surface area contributed by atoms with Gasteiger partial charge in [-0.2, -0.15) is 0 Å². The van der Waals surface area contributed by atoms with E-state index < -0.39 is 0 Å². The van der Waals surface area contributed by atoms with Crippen LogP contribution in [-0.2, 0) is 13.1 Å². The van der Waals surface area contributed by atoms with Crippen molar-refractivity contribution < 1.29 is 5.11 Å². The van der Waals surface area contributed by atoms with E-state index in [1.807, 2.05) is 24.3 Å². The lowest BCUT2D eigenvalue weighted by atomic mass is 10.1. The molecule has 7 nitrogen and oxygen atoms in total. The fraction of sp³-hybridized carbons (Fsp3) is 0.158. The number of hydrogen-bond acceptors (Lipinski definition) is 6. The number of aromatic hydroxyl groups is 1. The Morgan fingerprint density at radius 2 is 1.77 bits per heavy atom. The number of fused-ring (bicyclic) bond motifs is 3. The van der Waals surface area contributed by atoms with Crippen molar-refractivity contribution in [3.05, 3.63) is 60.6 Å². The summed E-state index contributed by atoms with van der Waals surface area (Å²) in [5, 5.41) is 18.8. The molecule has 0 amide bonds. The number of benzene rings is 1. The minimum Gasteiger partial charge on any atom is -0.507 e. The van der Waals surface area contributed by atoms with Gasteiger partial charge in [0.2, 0.25) is 5.95 Å². The first-order chi connectivity index (χ1) is 12.8. The highest BCUT2D eigenvalue weighted by Crippen LogP contribution is 2.30. The van der Waals surface area contributed by atoms with Crippen LogP contribution in [0.15, 0.2) is 54.9 Å². The maximum absolute atomic E-state index is 10.1. The van der Waals surface area contributed by atoms with E-state index in [1.54, 1.807) is 24.5 Å². The predicted octanol–water partition coefficient (Wildman–Crippen LogP) is 2.61. The van der Waals surface area contributed by atoms with Crippen LogP contribution in [0.25, 0.3) is 22.3 Å². The van der Waals surface area contributed by atoms with Gasteiger partial charge in [-0.05, 0) is 30.3 Å². The molecular formula is C19H16N6O. The standard InChI is InChI=1S/C19H16N6O/c26-18-5-2-1-4-14(18)15-11-17-16(23-22-15)10-13-12-24(8-9-25(13)17)19-20-6-3-7-21-19/h1-7,10-11,26H,8-9,12H2. The smallest absolute Gasteiger partial charge is 0.225 e. The largest absolute Gasteiger partial charge is 0.507 e. The highest BCUT2D eigenvalue weighted by Gasteiger charge is 2.21. The third-order valence-electron chi connectivity index (χ3n) is 4.70. The Morgan fingerprint density at radius 1 is 0.923 bits per heavy atom. The highest BCUT2D eigenvalue weighted by atomic mass is 16.3. The van der Waals surface area contributed by atoms with Gasteiger partial charge in [-0.1, -0.05) is 12.1 Å². The number of anilines is 1. The molecule has 128 valence electrons. The van der Waals surface area contributed by atoms with Crippen molar-refractivity contribution in [2.45, 2.75) is 13.1 Å².